The molecule has 6 nitrogen and oxygen atoms in total. The molecule has 6 heteroatoms. The first-order valence-corrected chi connectivity index (χ1v) is 9.68. The Morgan fingerprint density at radius 2 is 1.90 bits per heavy atom. The van der Waals surface area contributed by atoms with Crippen molar-refractivity contribution in [3.05, 3.63) is 90.0 Å². The van der Waals surface area contributed by atoms with Crippen LogP contribution in [0.15, 0.2) is 77.5 Å². The van der Waals surface area contributed by atoms with Crippen LogP contribution in [0.1, 0.15) is 16.9 Å². The third kappa shape index (κ3) is 3.28. The average molecular weight is 397 g/mol. The third-order valence-corrected chi connectivity index (χ3v) is 5.18. The van der Waals surface area contributed by atoms with E-state index >= 15 is 0 Å². The molecule has 0 atom stereocenters. The summed E-state index contributed by atoms with van der Waals surface area (Å²) in [5, 5.41) is 6.75. The standard InChI is InChI=1S/C24H19N3O3/c28-23(25-13-17-6-5-11-30-17)15-27-14-16(18-7-2-4-10-22(18)27)12-20-19-8-1-3-9-21(19)26-24(20)29/h1-12,14H,13,15H2,(H,25,28)(H,26,29). The summed E-state index contributed by atoms with van der Waals surface area (Å²) in [6.07, 6.45) is 5.39. The fourth-order valence-corrected chi connectivity index (χ4v) is 3.77. The third-order valence-electron chi connectivity index (χ3n) is 5.18. The van der Waals surface area contributed by atoms with E-state index in [1.165, 1.54) is 0 Å². The van der Waals surface area contributed by atoms with Crippen LogP contribution in [0.25, 0.3) is 22.6 Å². The van der Waals surface area contributed by atoms with Gasteiger partial charge in [0.25, 0.3) is 5.91 Å². The van der Waals surface area contributed by atoms with Crippen molar-refractivity contribution in [1.82, 2.24) is 9.88 Å². The summed E-state index contributed by atoms with van der Waals surface area (Å²) in [7, 11) is 0. The summed E-state index contributed by atoms with van der Waals surface area (Å²) < 4.78 is 7.16. The Morgan fingerprint density at radius 1 is 1.07 bits per heavy atom. The normalized spacial score (nSPS) is 14.1. The number of hydrogen-bond acceptors (Lipinski definition) is 3. The van der Waals surface area contributed by atoms with Gasteiger partial charge in [-0.05, 0) is 30.3 Å². The first-order valence-electron chi connectivity index (χ1n) is 9.68. The van der Waals surface area contributed by atoms with Gasteiger partial charge in [0, 0.05) is 39.5 Å². The van der Waals surface area contributed by atoms with Crippen LogP contribution in [-0.4, -0.2) is 16.4 Å². The second-order valence-corrected chi connectivity index (χ2v) is 7.14. The van der Waals surface area contributed by atoms with E-state index in [4.69, 9.17) is 4.42 Å². The Kier molecular flexibility index (Phi) is 4.44. The number of aromatic nitrogens is 1. The number of anilines is 1. The highest BCUT2D eigenvalue weighted by Gasteiger charge is 2.24. The number of furan rings is 1. The quantitative estimate of drug-likeness (QED) is 0.499. The number of fused-ring (bicyclic) bond motifs is 2. The molecule has 2 amide bonds. The van der Waals surface area contributed by atoms with E-state index < -0.39 is 0 Å². The maximum Gasteiger partial charge on any atom is 0.256 e. The molecule has 3 heterocycles. The fourth-order valence-electron chi connectivity index (χ4n) is 3.77. The van der Waals surface area contributed by atoms with Crippen molar-refractivity contribution in [1.29, 1.82) is 0 Å². The van der Waals surface area contributed by atoms with Crippen LogP contribution in [0.3, 0.4) is 0 Å². The van der Waals surface area contributed by atoms with Crippen molar-refractivity contribution in [2.75, 3.05) is 5.32 Å². The van der Waals surface area contributed by atoms with Gasteiger partial charge in [0.2, 0.25) is 5.91 Å². The van der Waals surface area contributed by atoms with Gasteiger partial charge in [-0.1, -0.05) is 36.4 Å². The van der Waals surface area contributed by atoms with Crippen molar-refractivity contribution < 1.29 is 14.0 Å². The molecule has 0 saturated carbocycles. The van der Waals surface area contributed by atoms with Crippen LogP contribution in [0.5, 0.6) is 0 Å². The highest BCUT2D eigenvalue weighted by molar-refractivity contribution is 6.35. The molecule has 148 valence electrons. The Hall–Kier alpha value is -4.06. The number of rotatable bonds is 5. The minimum atomic E-state index is -0.121. The van der Waals surface area contributed by atoms with Crippen LogP contribution in [0.4, 0.5) is 5.69 Å². The number of para-hydroxylation sites is 2. The number of nitrogens with zero attached hydrogens (tertiary/aromatic N) is 1. The summed E-state index contributed by atoms with van der Waals surface area (Å²) >= 11 is 0. The number of amides is 2. The van der Waals surface area contributed by atoms with Crippen molar-refractivity contribution in [2.24, 2.45) is 0 Å². The van der Waals surface area contributed by atoms with Crippen molar-refractivity contribution >= 4 is 40.1 Å². The summed E-state index contributed by atoms with van der Waals surface area (Å²) in [5.74, 6) is 0.469. The van der Waals surface area contributed by atoms with E-state index in [-0.39, 0.29) is 18.4 Å². The van der Waals surface area contributed by atoms with Gasteiger partial charge in [0.05, 0.1) is 12.8 Å². The monoisotopic (exact) mass is 397 g/mol. The van der Waals surface area contributed by atoms with E-state index in [1.54, 1.807) is 12.3 Å². The molecular weight excluding hydrogens is 378 g/mol. The minimum absolute atomic E-state index is 0.115. The fraction of sp³-hybridized carbons (Fsp3) is 0.0833. The number of carbonyl (C=O) groups excluding carboxylic acids is 2. The Morgan fingerprint density at radius 3 is 2.77 bits per heavy atom. The van der Waals surface area contributed by atoms with E-state index in [9.17, 15) is 9.59 Å². The van der Waals surface area contributed by atoms with Gasteiger partial charge in [-0.15, -0.1) is 0 Å². The maximum absolute atomic E-state index is 12.5. The number of nitrogens with one attached hydrogen (secondary N) is 2. The van der Waals surface area contributed by atoms with Gasteiger partial charge in [-0.3, -0.25) is 9.59 Å². The van der Waals surface area contributed by atoms with E-state index in [0.29, 0.717) is 17.9 Å². The van der Waals surface area contributed by atoms with Crippen LogP contribution in [-0.2, 0) is 22.7 Å². The van der Waals surface area contributed by atoms with Gasteiger partial charge in [0.15, 0.2) is 0 Å². The lowest BCUT2D eigenvalue weighted by molar-refractivity contribution is -0.121. The Labute approximate surface area is 172 Å². The molecule has 0 radical (unpaired) electrons. The molecule has 0 spiro atoms. The molecule has 0 unspecified atom stereocenters. The van der Waals surface area contributed by atoms with E-state index in [1.807, 2.05) is 71.4 Å². The van der Waals surface area contributed by atoms with Gasteiger partial charge in [-0.2, -0.15) is 0 Å². The second kappa shape index (κ2) is 7.40. The predicted molar refractivity (Wildman–Crippen MR) is 115 cm³/mol. The molecule has 0 saturated heterocycles. The molecule has 2 N–H and O–H groups in total. The SMILES string of the molecule is O=C(Cn1cc(C=C2C(=O)Nc3ccccc32)c2ccccc21)NCc1ccco1. The van der Waals surface area contributed by atoms with Crippen LogP contribution in [0, 0.1) is 0 Å². The number of carbonyl (C=O) groups is 2. The first-order chi connectivity index (χ1) is 14.7. The number of benzene rings is 2. The molecule has 1 aliphatic heterocycles. The molecule has 5 rings (SSSR count). The summed E-state index contributed by atoms with van der Waals surface area (Å²) in [6.45, 7) is 0.520. The van der Waals surface area contributed by atoms with E-state index in [0.717, 1.165) is 27.7 Å². The molecule has 0 bridgehead atoms. The summed E-state index contributed by atoms with van der Waals surface area (Å²) in [6, 6.07) is 19.1. The Bertz CT molecular complexity index is 1280. The topological polar surface area (TPSA) is 76.3 Å². The molecule has 0 aliphatic carbocycles. The zero-order valence-corrected chi connectivity index (χ0v) is 16.1. The molecule has 2 aromatic carbocycles. The second-order valence-electron chi connectivity index (χ2n) is 7.14. The lowest BCUT2D eigenvalue weighted by Crippen LogP contribution is -2.26. The van der Waals surface area contributed by atoms with E-state index in [2.05, 4.69) is 10.6 Å². The average Bonchev–Trinajstić information content (AvgIpc) is 3.47. The van der Waals surface area contributed by atoms with Gasteiger partial charge < -0.3 is 19.6 Å². The molecule has 1 aliphatic rings. The lowest BCUT2D eigenvalue weighted by atomic mass is 10.0. The molecule has 30 heavy (non-hydrogen) atoms. The minimum Gasteiger partial charge on any atom is -0.467 e. The largest absolute Gasteiger partial charge is 0.467 e. The molecular formula is C24H19N3O3. The highest BCUT2D eigenvalue weighted by atomic mass is 16.3. The maximum atomic E-state index is 12.5. The predicted octanol–water partition coefficient (Wildman–Crippen LogP) is 4.04. The van der Waals surface area contributed by atoms with Crippen LogP contribution < -0.4 is 10.6 Å². The summed E-state index contributed by atoms with van der Waals surface area (Å²) in [5.41, 5.74) is 4.15. The van der Waals surface area contributed by atoms with Crippen LogP contribution in [0.2, 0.25) is 0 Å². The zero-order chi connectivity index (χ0) is 20.5. The smallest absolute Gasteiger partial charge is 0.256 e. The summed E-state index contributed by atoms with van der Waals surface area (Å²) in [4.78, 5) is 25.0. The molecule has 0 fully saturated rings. The van der Waals surface area contributed by atoms with Crippen molar-refractivity contribution in [2.45, 2.75) is 13.1 Å². The van der Waals surface area contributed by atoms with Crippen molar-refractivity contribution in [3.63, 3.8) is 0 Å². The molecule has 2 aromatic heterocycles. The van der Waals surface area contributed by atoms with Gasteiger partial charge in [-0.25, -0.2) is 0 Å². The first kappa shape index (κ1) is 18.0. The van der Waals surface area contributed by atoms with Gasteiger partial charge in [0.1, 0.15) is 12.3 Å². The van der Waals surface area contributed by atoms with Crippen LogP contribution >= 0.6 is 0 Å². The van der Waals surface area contributed by atoms with Gasteiger partial charge >= 0.3 is 0 Å². The van der Waals surface area contributed by atoms with Crippen molar-refractivity contribution in [3.8, 4) is 0 Å². The lowest BCUT2D eigenvalue weighted by Gasteiger charge is -2.06. The zero-order valence-electron chi connectivity index (χ0n) is 16.1. The number of hydrogen-bond donors (Lipinski definition) is 2. The highest BCUT2D eigenvalue weighted by Crippen LogP contribution is 2.34. The Balaban J connectivity index is 1.46. The molecule has 4 aromatic rings.